The van der Waals surface area contributed by atoms with Gasteiger partial charge in [-0.15, -0.1) is 0 Å². The predicted octanol–water partition coefficient (Wildman–Crippen LogP) is 3.99. The van der Waals surface area contributed by atoms with Crippen molar-refractivity contribution in [3.8, 4) is 0 Å². The van der Waals surface area contributed by atoms with Crippen molar-refractivity contribution >= 4 is 23.5 Å². The van der Waals surface area contributed by atoms with Crippen LogP contribution < -0.4 is 5.32 Å². The van der Waals surface area contributed by atoms with Crippen LogP contribution in [-0.2, 0) is 0 Å². The zero-order valence-electron chi connectivity index (χ0n) is 11.5. The molecule has 1 fully saturated rings. The monoisotopic (exact) mass is 321 g/mol. The van der Waals surface area contributed by atoms with Crippen molar-refractivity contribution in [1.82, 2.24) is 5.32 Å². The molecule has 6 heteroatoms. The van der Waals surface area contributed by atoms with Crippen LogP contribution in [0, 0.1) is 17.5 Å². The molecule has 0 radical (unpaired) electrons. The molecule has 0 bridgehead atoms. The molecular weight excluding hydrogens is 303 g/mol. The highest BCUT2D eigenvalue weighted by atomic mass is 32.2. The Morgan fingerprint density at radius 2 is 1.90 bits per heavy atom. The Kier molecular flexibility index (Phi) is 5.69. The van der Waals surface area contributed by atoms with Gasteiger partial charge in [0.2, 0.25) is 0 Å². The normalized spacial score (nSPS) is 24.6. The van der Waals surface area contributed by atoms with Crippen LogP contribution in [0.5, 0.6) is 0 Å². The first-order valence-corrected chi connectivity index (χ1v) is 8.73. The molecule has 20 heavy (non-hydrogen) atoms. The molecule has 2 rings (SSSR count). The van der Waals surface area contributed by atoms with Crippen LogP contribution in [0.4, 0.5) is 13.2 Å². The molecule has 3 unspecified atom stereocenters. The summed E-state index contributed by atoms with van der Waals surface area (Å²) in [5.41, 5.74) is 0.213. The van der Waals surface area contributed by atoms with Crippen LogP contribution >= 0.6 is 23.5 Å². The maximum atomic E-state index is 14.0. The Morgan fingerprint density at radius 1 is 1.20 bits per heavy atom. The van der Waals surface area contributed by atoms with Gasteiger partial charge in [-0.25, -0.2) is 13.2 Å². The maximum absolute atomic E-state index is 14.0. The van der Waals surface area contributed by atoms with Gasteiger partial charge in [0.25, 0.3) is 0 Å². The fraction of sp³-hybridized carbons (Fsp3) is 0.571. The van der Waals surface area contributed by atoms with E-state index < -0.39 is 17.5 Å². The molecule has 1 saturated heterocycles. The summed E-state index contributed by atoms with van der Waals surface area (Å²) >= 11 is 3.65. The number of nitrogens with one attached hydrogen (secondary N) is 1. The standard InChI is InChI=1S/C14H18F3NS2/c1-3-10-14(20-7-6-19-10)13(18-2)8-4-5-9(15)12(17)11(8)16/h4-5,10,13-14,18H,3,6-7H2,1-2H3. The molecule has 0 aliphatic carbocycles. The second-order valence-electron chi connectivity index (χ2n) is 4.68. The lowest BCUT2D eigenvalue weighted by Gasteiger charge is -2.36. The summed E-state index contributed by atoms with van der Waals surface area (Å²) in [4.78, 5) is 0. The van der Waals surface area contributed by atoms with Crippen LogP contribution in [0.2, 0.25) is 0 Å². The molecule has 3 atom stereocenters. The number of thioether (sulfide) groups is 2. The molecule has 1 aromatic rings. The minimum atomic E-state index is -1.38. The van der Waals surface area contributed by atoms with E-state index in [1.165, 1.54) is 6.07 Å². The third kappa shape index (κ3) is 3.12. The molecule has 1 N–H and O–H groups in total. The van der Waals surface area contributed by atoms with E-state index in [0.29, 0.717) is 5.25 Å². The smallest absolute Gasteiger partial charge is 0.194 e. The Hall–Kier alpha value is -0.330. The van der Waals surface area contributed by atoms with E-state index >= 15 is 0 Å². The van der Waals surface area contributed by atoms with E-state index in [9.17, 15) is 13.2 Å². The fourth-order valence-corrected chi connectivity index (χ4v) is 5.81. The van der Waals surface area contributed by atoms with Crippen molar-refractivity contribution in [1.29, 1.82) is 0 Å². The van der Waals surface area contributed by atoms with Gasteiger partial charge >= 0.3 is 0 Å². The summed E-state index contributed by atoms with van der Waals surface area (Å²) in [7, 11) is 1.73. The van der Waals surface area contributed by atoms with Crippen molar-refractivity contribution in [2.24, 2.45) is 0 Å². The Bertz CT molecular complexity index is 470. The van der Waals surface area contributed by atoms with Crippen molar-refractivity contribution < 1.29 is 13.2 Å². The lowest BCUT2D eigenvalue weighted by atomic mass is 9.99. The zero-order chi connectivity index (χ0) is 14.7. The molecule has 1 nitrogen and oxygen atoms in total. The first-order valence-electron chi connectivity index (χ1n) is 6.64. The van der Waals surface area contributed by atoms with Crippen LogP contribution in [0.1, 0.15) is 24.9 Å². The molecular formula is C14H18F3NS2. The number of halogens is 3. The van der Waals surface area contributed by atoms with Crippen LogP contribution in [0.25, 0.3) is 0 Å². The quantitative estimate of drug-likeness (QED) is 0.842. The lowest BCUT2D eigenvalue weighted by molar-refractivity contribution is 0.425. The van der Waals surface area contributed by atoms with Gasteiger partial charge in [0.05, 0.1) is 0 Å². The van der Waals surface area contributed by atoms with Gasteiger partial charge in [-0.05, 0) is 19.5 Å². The van der Waals surface area contributed by atoms with Gasteiger partial charge in [-0.1, -0.05) is 13.0 Å². The first-order chi connectivity index (χ1) is 9.60. The molecule has 1 aliphatic heterocycles. The topological polar surface area (TPSA) is 12.0 Å². The predicted molar refractivity (Wildman–Crippen MR) is 80.9 cm³/mol. The number of hydrogen-bond acceptors (Lipinski definition) is 3. The molecule has 1 aromatic carbocycles. The van der Waals surface area contributed by atoms with Crippen molar-refractivity contribution in [2.45, 2.75) is 29.9 Å². The van der Waals surface area contributed by atoms with E-state index in [1.807, 2.05) is 11.8 Å². The second-order valence-corrected chi connectivity index (χ2v) is 7.32. The van der Waals surface area contributed by atoms with Gasteiger partial charge in [-0.2, -0.15) is 23.5 Å². The average molecular weight is 321 g/mol. The average Bonchev–Trinajstić information content (AvgIpc) is 2.48. The van der Waals surface area contributed by atoms with E-state index in [-0.39, 0.29) is 16.9 Å². The van der Waals surface area contributed by atoms with Crippen molar-refractivity contribution in [3.05, 3.63) is 35.1 Å². The summed E-state index contributed by atoms with van der Waals surface area (Å²) in [6, 6.07) is 2.04. The molecule has 0 amide bonds. The van der Waals surface area contributed by atoms with E-state index in [2.05, 4.69) is 12.2 Å². The van der Waals surface area contributed by atoms with Crippen LogP contribution in [-0.4, -0.2) is 29.1 Å². The van der Waals surface area contributed by atoms with E-state index in [4.69, 9.17) is 0 Å². The van der Waals surface area contributed by atoms with Crippen LogP contribution in [0.15, 0.2) is 12.1 Å². The van der Waals surface area contributed by atoms with Gasteiger partial charge in [0.1, 0.15) is 0 Å². The van der Waals surface area contributed by atoms with Gasteiger partial charge in [-0.3, -0.25) is 0 Å². The molecule has 1 aliphatic rings. The number of rotatable bonds is 4. The summed E-state index contributed by atoms with van der Waals surface area (Å²) in [6.07, 6.45) is 0.978. The summed E-state index contributed by atoms with van der Waals surface area (Å²) in [5.74, 6) is -1.52. The SMILES string of the molecule is CCC1SCCSC1C(NC)c1ccc(F)c(F)c1F. The molecule has 112 valence electrons. The Balaban J connectivity index is 2.34. The summed E-state index contributed by atoms with van der Waals surface area (Å²) < 4.78 is 40.5. The minimum absolute atomic E-state index is 0.156. The lowest BCUT2D eigenvalue weighted by Crippen LogP contribution is -2.38. The van der Waals surface area contributed by atoms with Gasteiger partial charge in [0.15, 0.2) is 17.5 Å². The Morgan fingerprint density at radius 3 is 2.55 bits per heavy atom. The molecule has 0 spiro atoms. The Labute approximate surface area is 126 Å². The second kappa shape index (κ2) is 7.09. The largest absolute Gasteiger partial charge is 0.312 e. The van der Waals surface area contributed by atoms with E-state index in [0.717, 1.165) is 24.0 Å². The van der Waals surface area contributed by atoms with Gasteiger partial charge in [0, 0.05) is 33.6 Å². The number of hydrogen-bond donors (Lipinski definition) is 1. The highest BCUT2D eigenvalue weighted by Crippen LogP contribution is 2.41. The summed E-state index contributed by atoms with van der Waals surface area (Å²) in [5, 5.41) is 3.62. The maximum Gasteiger partial charge on any atom is 0.194 e. The molecule has 0 aromatic heterocycles. The first kappa shape index (κ1) is 16.0. The number of benzene rings is 1. The highest BCUT2D eigenvalue weighted by Gasteiger charge is 2.34. The molecule has 0 saturated carbocycles. The summed E-state index contributed by atoms with van der Waals surface area (Å²) in [6.45, 7) is 2.10. The van der Waals surface area contributed by atoms with Gasteiger partial charge < -0.3 is 5.32 Å². The third-order valence-corrected chi connectivity index (χ3v) is 6.88. The molecule has 1 heterocycles. The zero-order valence-corrected chi connectivity index (χ0v) is 13.1. The third-order valence-electron chi connectivity index (χ3n) is 3.53. The van der Waals surface area contributed by atoms with E-state index in [1.54, 1.807) is 18.8 Å². The van der Waals surface area contributed by atoms with Crippen LogP contribution in [0.3, 0.4) is 0 Å². The highest BCUT2D eigenvalue weighted by molar-refractivity contribution is 8.07. The van der Waals surface area contributed by atoms with Crippen molar-refractivity contribution in [3.63, 3.8) is 0 Å². The fourth-order valence-electron chi connectivity index (χ4n) is 2.52. The minimum Gasteiger partial charge on any atom is -0.312 e. The van der Waals surface area contributed by atoms with Crippen molar-refractivity contribution in [2.75, 3.05) is 18.6 Å².